The fourth-order valence-electron chi connectivity index (χ4n) is 2.14. The van der Waals surface area contributed by atoms with Gasteiger partial charge in [0, 0.05) is 17.8 Å². The van der Waals surface area contributed by atoms with Crippen LogP contribution >= 0.6 is 0 Å². The molecule has 0 bridgehead atoms. The number of anilines is 1. The lowest BCUT2D eigenvalue weighted by molar-refractivity contribution is -0.119. The molecule has 1 unspecified atom stereocenters. The van der Waals surface area contributed by atoms with Crippen molar-refractivity contribution < 1.29 is 23.0 Å². The van der Waals surface area contributed by atoms with Crippen molar-refractivity contribution in [2.75, 3.05) is 19.0 Å². The van der Waals surface area contributed by atoms with Crippen LogP contribution < -0.4 is 20.5 Å². The Bertz CT molecular complexity index is 738. The van der Waals surface area contributed by atoms with Gasteiger partial charge in [0.2, 0.25) is 0 Å². The molecule has 3 N–H and O–H groups in total. The molecule has 0 aliphatic rings. The fraction of sp³-hybridized carbons (Fsp3) is 0.235. The number of nitrogens with two attached hydrogens (primary N) is 1. The first-order valence-electron chi connectivity index (χ1n) is 7.21. The second kappa shape index (κ2) is 7.63. The average Bonchev–Trinajstić information content (AvgIpc) is 2.55. The van der Waals surface area contributed by atoms with Gasteiger partial charge in [0.05, 0.1) is 7.11 Å². The highest BCUT2D eigenvalue weighted by Gasteiger charge is 2.12. The molecule has 0 heterocycles. The van der Waals surface area contributed by atoms with Crippen molar-refractivity contribution in [3.8, 4) is 11.5 Å². The van der Waals surface area contributed by atoms with E-state index in [9.17, 15) is 13.6 Å². The first kappa shape index (κ1) is 17.5. The standard InChI is InChI=1S/C17H18F2N2O3/c1-10(11-3-5-13(18)14(19)7-11)21-12-4-6-15(23-2)16(8-12)24-9-17(20)22/h3-8,10,21H,9H2,1-2H3,(H2,20,22). The van der Waals surface area contributed by atoms with E-state index in [1.807, 2.05) is 0 Å². The van der Waals surface area contributed by atoms with Crippen molar-refractivity contribution in [2.45, 2.75) is 13.0 Å². The van der Waals surface area contributed by atoms with Gasteiger partial charge in [0.15, 0.2) is 29.7 Å². The Morgan fingerprint density at radius 2 is 1.92 bits per heavy atom. The van der Waals surface area contributed by atoms with Crippen LogP contribution in [0.2, 0.25) is 0 Å². The van der Waals surface area contributed by atoms with Crippen LogP contribution in [0.1, 0.15) is 18.5 Å². The van der Waals surface area contributed by atoms with E-state index in [1.165, 1.54) is 13.2 Å². The fourth-order valence-corrected chi connectivity index (χ4v) is 2.14. The Morgan fingerprint density at radius 1 is 1.17 bits per heavy atom. The molecule has 0 aliphatic carbocycles. The van der Waals surface area contributed by atoms with E-state index >= 15 is 0 Å². The molecule has 1 atom stereocenters. The lowest BCUT2D eigenvalue weighted by Gasteiger charge is -2.18. The summed E-state index contributed by atoms with van der Waals surface area (Å²) >= 11 is 0. The number of carbonyl (C=O) groups is 1. The predicted octanol–water partition coefficient (Wildman–Crippen LogP) is 3.01. The molecule has 2 aromatic rings. The quantitative estimate of drug-likeness (QED) is 0.815. The molecule has 0 saturated carbocycles. The monoisotopic (exact) mass is 336 g/mol. The Morgan fingerprint density at radius 3 is 2.54 bits per heavy atom. The molecule has 5 nitrogen and oxygen atoms in total. The molecule has 0 spiro atoms. The van der Waals surface area contributed by atoms with Gasteiger partial charge < -0.3 is 20.5 Å². The smallest absolute Gasteiger partial charge is 0.255 e. The van der Waals surface area contributed by atoms with E-state index in [0.29, 0.717) is 22.7 Å². The zero-order chi connectivity index (χ0) is 17.7. The minimum absolute atomic E-state index is 0.279. The number of benzene rings is 2. The van der Waals surface area contributed by atoms with Gasteiger partial charge in [-0.25, -0.2) is 8.78 Å². The minimum Gasteiger partial charge on any atom is -0.493 e. The molecule has 2 rings (SSSR count). The van der Waals surface area contributed by atoms with Crippen molar-refractivity contribution in [1.29, 1.82) is 0 Å². The number of rotatable bonds is 7. The SMILES string of the molecule is COc1ccc(NC(C)c2ccc(F)c(F)c2)cc1OCC(N)=O. The second-order valence-corrected chi connectivity index (χ2v) is 5.16. The van der Waals surface area contributed by atoms with Gasteiger partial charge in [-0.15, -0.1) is 0 Å². The number of hydrogen-bond acceptors (Lipinski definition) is 4. The Kier molecular flexibility index (Phi) is 5.57. The van der Waals surface area contributed by atoms with Crippen molar-refractivity contribution >= 4 is 11.6 Å². The van der Waals surface area contributed by atoms with Crippen molar-refractivity contribution in [1.82, 2.24) is 0 Å². The van der Waals surface area contributed by atoms with Crippen LogP contribution in [-0.4, -0.2) is 19.6 Å². The highest BCUT2D eigenvalue weighted by Crippen LogP contribution is 2.31. The number of hydrogen-bond donors (Lipinski definition) is 2. The van der Waals surface area contributed by atoms with Crippen LogP contribution in [0, 0.1) is 11.6 Å². The first-order valence-corrected chi connectivity index (χ1v) is 7.21. The Labute approximate surface area is 138 Å². The topological polar surface area (TPSA) is 73.6 Å². The largest absolute Gasteiger partial charge is 0.493 e. The Balaban J connectivity index is 2.17. The van der Waals surface area contributed by atoms with Crippen LogP contribution in [0.15, 0.2) is 36.4 Å². The van der Waals surface area contributed by atoms with Gasteiger partial charge in [-0.05, 0) is 36.8 Å². The van der Waals surface area contributed by atoms with Gasteiger partial charge in [-0.3, -0.25) is 4.79 Å². The van der Waals surface area contributed by atoms with Crippen LogP contribution in [0.5, 0.6) is 11.5 Å². The summed E-state index contributed by atoms with van der Waals surface area (Å²) in [5.74, 6) is -1.61. The first-order chi connectivity index (χ1) is 11.4. The second-order valence-electron chi connectivity index (χ2n) is 5.16. The van der Waals surface area contributed by atoms with Gasteiger partial charge in [-0.2, -0.15) is 0 Å². The molecule has 0 aromatic heterocycles. The van der Waals surface area contributed by atoms with E-state index in [0.717, 1.165) is 12.1 Å². The summed E-state index contributed by atoms with van der Waals surface area (Å²) in [6.07, 6.45) is 0. The lowest BCUT2D eigenvalue weighted by Crippen LogP contribution is -2.20. The molecular formula is C17H18F2N2O3. The molecule has 0 fully saturated rings. The third-order valence-electron chi connectivity index (χ3n) is 3.36. The maximum Gasteiger partial charge on any atom is 0.255 e. The van der Waals surface area contributed by atoms with Crippen molar-refractivity contribution in [3.05, 3.63) is 53.6 Å². The van der Waals surface area contributed by atoms with E-state index in [-0.39, 0.29) is 12.6 Å². The number of primary amides is 1. The number of methoxy groups -OCH3 is 1. The third-order valence-corrected chi connectivity index (χ3v) is 3.36. The zero-order valence-electron chi connectivity index (χ0n) is 13.3. The summed E-state index contributed by atoms with van der Waals surface area (Å²) in [5, 5.41) is 3.14. The number of carbonyl (C=O) groups excluding carboxylic acids is 1. The minimum atomic E-state index is -0.902. The highest BCUT2D eigenvalue weighted by atomic mass is 19.2. The summed E-state index contributed by atoms with van der Waals surface area (Å²) in [5.41, 5.74) is 6.31. The van der Waals surface area contributed by atoms with Gasteiger partial charge >= 0.3 is 0 Å². The molecule has 24 heavy (non-hydrogen) atoms. The van der Waals surface area contributed by atoms with E-state index in [1.54, 1.807) is 25.1 Å². The van der Waals surface area contributed by atoms with Gasteiger partial charge in [0.25, 0.3) is 5.91 Å². The van der Waals surface area contributed by atoms with Crippen molar-refractivity contribution in [2.24, 2.45) is 5.73 Å². The van der Waals surface area contributed by atoms with Crippen LogP contribution in [-0.2, 0) is 4.79 Å². The maximum absolute atomic E-state index is 13.3. The van der Waals surface area contributed by atoms with Crippen LogP contribution in [0.4, 0.5) is 14.5 Å². The number of ether oxygens (including phenoxy) is 2. The summed E-state index contributed by atoms with van der Waals surface area (Å²) in [4.78, 5) is 10.9. The molecule has 128 valence electrons. The zero-order valence-corrected chi connectivity index (χ0v) is 13.3. The lowest BCUT2D eigenvalue weighted by atomic mass is 10.1. The Hall–Kier alpha value is -2.83. The highest BCUT2D eigenvalue weighted by molar-refractivity contribution is 5.75. The molecular weight excluding hydrogens is 318 g/mol. The van der Waals surface area contributed by atoms with Crippen LogP contribution in [0.3, 0.4) is 0 Å². The summed E-state index contributed by atoms with van der Waals surface area (Å²) in [7, 11) is 1.48. The molecule has 2 aromatic carbocycles. The number of nitrogens with one attached hydrogen (secondary N) is 1. The molecule has 0 aliphatic heterocycles. The summed E-state index contributed by atoms with van der Waals surface area (Å²) < 4.78 is 36.8. The van der Waals surface area contributed by atoms with E-state index in [2.05, 4.69) is 5.32 Å². The summed E-state index contributed by atoms with van der Waals surface area (Å²) in [6.45, 7) is 1.53. The number of halogens is 2. The van der Waals surface area contributed by atoms with Crippen LogP contribution in [0.25, 0.3) is 0 Å². The summed E-state index contributed by atoms with van der Waals surface area (Å²) in [6, 6.07) is 8.49. The average molecular weight is 336 g/mol. The predicted molar refractivity (Wildman–Crippen MR) is 86.1 cm³/mol. The normalized spacial score (nSPS) is 11.7. The molecule has 7 heteroatoms. The maximum atomic E-state index is 13.3. The third kappa shape index (κ3) is 4.34. The van der Waals surface area contributed by atoms with Gasteiger partial charge in [0.1, 0.15) is 0 Å². The van der Waals surface area contributed by atoms with Gasteiger partial charge in [-0.1, -0.05) is 6.07 Å². The van der Waals surface area contributed by atoms with E-state index < -0.39 is 17.5 Å². The van der Waals surface area contributed by atoms with E-state index in [4.69, 9.17) is 15.2 Å². The number of amides is 1. The molecule has 1 amide bonds. The van der Waals surface area contributed by atoms with Crippen molar-refractivity contribution in [3.63, 3.8) is 0 Å². The molecule has 0 radical (unpaired) electrons. The molecule has 0 saturated heterocycles.